The van der Waals surface area contributed by atoms with Crippen molar-refractivity contribution in [3.8, 4) is 11.1 Å². The molecule has 0 amide bonds. The lowest BCUT2D eigenvalue weighted by Crippen LogP contribution is -2.05. The molecule has 2 rings (SSSR count). The van der Waals surface area contributed by atoms with Gasteiger partial charge in [-0.25, -0.2) is 9.18 Å². The van der Waals surface area contributed by atoms with Crippen molar-refractivity contribution in [2.75, 3.05) is 0 Å². The van der Waals surface area contributed by atoms with E-state index in [0.717, 1.165) is 30.4 Å². The van der Waals surface area contributed by atoms with E-state index in [1.165, 1.54) is 24.3 Å². The standard InChI is InChI=1S/C16H10F4O2/c17-14-4-2-1-3-13(14)11-7-10(5-6-15(21)22)8-12(9-11)16(18,19)20/h1-9H,(H,21,22)/b6-5+. The summed E-state index contributed by atoms with van der Waals surface area (Å²) >= 11 is 0. The molecule has 0 saturated heterocycles. The fraction of sp³-hybridized carbons (Fsp3) is 0.0625. The van der Waals surface area contributed by atoms with Gasteiger partial charge in [0.25, 0.3) is 0 Å². The first kappa shape index (κ1) is 15.8. The van der Waals surface area contributed by atoms with Gasteiger partial charge in [0.05, 0.1) is 5.56 Å². The third kappa shape index (κ3) is 3.72. The first-order chi connectivity index (χ1) is 10.3. The lowest BCUT2D eigenvalue weighted by Gasteiger charge is -2.11. The molecule has 6 heteroatoms. The van der Waals surface area contributed by atoms with Gasteiger partial charge in [0.1, 0.15) is 5.82 Å². The van der Waals surface area contributed by atoms with E-state index in [9.17, 15) is 22.4 Å². The highest BCUT2D eigenvalue weighted by Gasteiger charge is 2.31. The number of carbonyl (C=O) groups is 1. The molecule has 2 aromatic rings. The highest BCUT2D eigenvalue weighted by molar-refractivity contribution is 5.85. The van der Waals surface area contributed by atoms with E-state index in [1.54, 1.807) is 0 Å². The normalized spacial score (nSPS) is 11.8. The lowest BCUT2D eigenvalue weighted by atomic mass is 9.99. The van der Waals surface area contributed by atoms with Gasteiger partial charge in [-0.2, -0.15) is 13.2 Å². The molecular weight excluding hydrogens is 300 g/mol. The van der Waals surface area contributed by atoms with Crippen LogP contribution in [0.2, 0.25) is 0 Å². The molecule has 0 unspecified atom stereocenters. The largest absolute Gasteiger partial charge is 0.478 e. The van der Waals surface area contributed by atoms with E-state index >= 15 is 0 Å². The maximum atomic E-state index is 13.8. The van der Waals surface area contributed by atoms with Gasteiger partial charge in [0.2, 0.25) is 0 Å². The van der Waals surface area contributed by atoms with E-state index in [1.807, 2.05) is 0 Å². The first-order valence-electron chi connectivity index (χ1n) is 6.15. The monoisotopic (exact) mass is 310 g/mol. The molecule has 0 saturated carbocycles. The average Bonchev–Trinajstić information content (AvgIpc) is 2.44. The van der Waals surface area contributed by atoms with E-state index in [2.05, 4.69) is 0 Å². The van der Waals surface area contributed by atoms with Crippen LogP contribution in [0, 0.1) is 5.82 Å². The predicted molar refractivity (Wildman–Crippen MR) is 73.5 cm³/mol. The minimum atomic E-state index is -4.62. The number of alkyl halides is 3. The Morgan fingerprint density at radius 2 is 1.77 bits per heavy atom. The number of carboxylic acids is 1. The Bertz CT molecular complexity index is 733. The van der Waals surface area contributed by atoms with E-state index in [4.69, 9.17) is 5.11 Å². The molecule has 0 heterocycles. The Balaban J connectivity index is 2.61. The summed E-state index contributed by atoms with van der Waals surface area (Å²) in [7, 11) is 0. The SMILES string of the molecule is O=C(O)/C=C/c1cc(-c2ccccc2F)cc(C(F)(F)F)c1. The zero-order valence-electron chi connectivity index (χ0n) is 11.1. The summed E-state index contributed by atoms with van der Waals surface area (Å²) in [6.45, 7) is 0. The molecule has 0 atom stereocenters. The van der Waals surface area contributed by atoms with Gasteiger partial charge >= 0.3 is 12.1 Å². The Hall–Kier alpha value is -2.63. The molecule has 0 spiro atoms. The highest BCUT2D eigenvalue weighted by atomic mass is 19.4. The highest BCUT2D eigenvalue weighted by Crippen LogP contribution is 2.34. The van der Waals surface area contributed by atoms with E-state index in [0.29, 0.717) is 0 Å². The molecule has 22 heavy (non-hydrogen) atoms. The van der Waals surface area contributed by atoms with Crippen LogP contribution in [0.5, 0.6) is 0 Å². The fourth-order valence-corrected chi connectivity index (χ4v) is 1.93. The average molecular weight is 310 g/mol. The van der Waals surface area contributed by atoms with Gasteiger partial charge in [0, 0.05) is 11.6 Å². The molecule has 0 aliphatic rings. The lowest BCUT2D eigenvalue weighted by molar-refractivity contribution is -0.137. The van der Waals surface area contributed by atoms with Gasteiger partial charge in [-0.15, -0.1) is 0 Å². The second-order valence-corrected chi connectivity index (χ2v) is 4.49. The van der Waals surface area contributed by atoms with Crippen LogP contribution in [0.25, 0.3) is 17.2 Å². The maximum absolute atomic E-state index is 13.8. The van der Waals surface area contributed by atoms with Crippen molar-refractivity contribution in [2.45, 2.75) is 6.18 Å². The van der Waals surface area contributed by atoms with Gasteiger partial charge in [0.15, 0.2) is 0 Å². The first-order valence-corrected chi connectivity index (χ1v) is 6.15. The smallest absolute Gasteiger partial charge is 0.416 e. The summed E-state index contributed by atoms with van der Waals surface area (Å²) in [5.41, 5.74) is -0.912. The van der Waals surface area contributed by atoms with Gasteiger partial charge in [-0.3, -0.25) is 0 Å². The van der Waals surface area contributed by atoms with Crippen LogP contribution in [0.1, 0.15) is 11.1 Å². The van der Waals surface area contributed by atoms with Crippen molar-refractivity contribution in [1.82, 2.24) is 0 Å². The van der Waals surface area contributed by atoms with Crippen molar-refractivity contribution >= 4 is 12.0 Å². The topological polar surface area (TPSA) is 37.3 Å². The molecule has 114 valence electrons. The third-order valence-electron chi connectivity index (χ3n) is 2.89. The Labute approximate surface area is 123 Å². The zero-order valence-corrected chi connectivity index (χ0v) is 11.1. The number of halogens is 4. The van der Waals surface area contributed by atoms with Crippen LogP contribution < -0.4 is 0 Å². The molecule has 1 N–H and O–H groups in total. The summed E-state index contributed by atoms with van der Waals surface area (Å²) in [5, 5.41) is 8.57. The van der Waals surface area contributed by atoms with Crippen LogP contribution >= 0.6 is 0 Å². The van der Waals surface area contributed by atoms with Crippen LogP contribution in [0.15, 0.2) is 48.5 Å². The number of benzene rings is 2. The van der Waals surface area contributed by atoms with Crippen LogP contribution in [-0.4, -0.2) is 11.1 Å². The van der Waals surface area contributed by atoms with Crippen LogP contribution in [0.4, 0.5) is 17.6 Å². The minimum Gasteiger partial charge on any atom is -0.478 e. The number of aliphatic carboxylic acids is 1. The molecular formula is C16H10F4O2. The second kappa shape index (κ2) is 6.01. The Morgan fingerprint density at radius 1 is 1.09 bits per heavy atom. The molecule has 2 aromatic carbocycles. The Kier molecular flexibility index (Phi) is 4.30. The van der Waals surface area contributed by atoms with Gasteiger partial charge in [-0.1, -0.05) is 18.2 Å². The number of rotatable bonds is 3. The molecule has 0 aliphatic heterocycles. The number of hydrogen-bond acceptors (Lipinski definition) is 1. The predicted octanol–water partition coefficient (Wildman–Crippen LogP) is 4.61. The molecule has 0 fully saturated rings. The van der Waals surface area contributed by atoms with Crippen molar-refractivity contribution in [2.24, 2.45) is 0 Å². The molecule has 0 bridgehead atoms. The quantitative estimate of drug-likeness (QED) is 0.664. The van der Waals surface area contributed by atoms with Crippen LogP contribution in [-0.2, 0) is 11.0 Å². The minimum absolute atomic E-state index is 0.0126. The Morgan fingerprint density at radius 3 is 2.36 bits per heavy atom. The summed E-state index contributed by atoms with van der Waals surface area (Å²) < 4.78 is 52.5. The maximum Gasteiger partial charge on any atom is 0.416 e. The van der Waals surface area contributed by atoms with Crippen molar-refractivity contribution in [3.63, 3.8) is 0 Å². The zero-order chi connectivity index (χ0) is 16.3. The van der Waals surface area contributed by atoms with Gasteiger partial charge in [-0.05, 0) is 41.5 Å². The number of carboxylic acid groups (broad SMARTS) is 1. The number of hydrogen-bond donors (Lipinski definition) is 1. The molecule has 2 nitrogen and oxygen atoms in total. The van der Waals surface area contributed by atoms with E-state index < -0.39 is 23.5 Å². The molecule has 0 aliphatic carbocycles. The molecule has 0 radical (unpaired) electrons. The van der Waals surface area contributed by atoms with Gasteiger partial charge < -0.3 is 5.11 Å². The van der Waals surface area contributed by atoms with Crippen molar-refractivity contribution in [1.29, 1.82) is 0 Å². The van der Waals surface area contributed by atoms with E-state index in [-0.39, 0.29) is 16.7 Å². The molecule has 0 aromatic heterocycles. The second-order valence-electron chi connectivity index (χ2n) is 4.49. The third-order valence-corrected chi connectivity index (χ3v) is 2.89. The summed E-state index contributed by atoms with van der Waals surface area (Å²) in [5.74, 6) is -1.94. The van der Waals surface area contributed by atoms with Crippen LogP contribution in [0.3, 0.4) is 0 Å². The van der Waals surface area contributed by atoms with Crippen molar-refractivity contribution in [3.05, 3.63) is 65.5 Å². The summed E-state index contributed by atoms with van der Waals surface area (Å²) in [6, 6.07) is 8.37. The van der Waals surface area contributed by atoms with Crippen molar-refractivity contribution < 1.29 is 27.5 Å². The fourth-order valence-electron chi connectivity index (χ4n) is 1.93. The summed E-state index contributed by atoms with van der Waals surface area (Å²) in [4.78, 5) is 10.5. The summed E-state index contributed by atoms with van der Waals surface area (Å²) in [6.07, 6.45) is -2.87.